The fourth-order valence-electron chi connectivity index (χ4n) is 5.16. The average molecular weight is 419 g/mol. The van der Waals surface area contributed by atoms with E-state index in [1.165, 1.54) is 37.9 Å². The van der Waals surface area contributed by atoms with E-state index in [9.17, 15) is 0 Å². The number of halogens is 1. The monoisotopic (exact) mass is 418 g/mol. The molecule has 3 fully saturated rings. The highest BCUT2D eigenvalue weighted by atomic mass is 35.5. The summed E-state index contributed by atoms with van der Waals surface area (Å²) in [5.41, 5.74) is 1.19. The highest BCUT2D eigenvalue weighted by Crippen LogP contribution is 2.39. The number of ether oxygens (including phenoxy) is 1. The summed E-state index contributed by atoms with van der Waals surface area (Å²) in [4.78, 5) is 10.3. The van der Waals surface area contributed by atoms with Crippen molar-refractivity contribution in [2.45, 2.75) is 50.5 Å². The third-order valence-electron chi connectivity index (χ3n) is 6.88. The first kappa shape index (κ1) is 21.0. The molecule has 0 aromatic heterocycles. The van der Waals surface area contributed by atoms with Crippen LogP contribution in [0.5, 0.6) is 0 Å². The van der Waals surface area contributed by atoms with Gasteiger partial charge in [0.15, 0.2) is 5.96 Å². The molecule has 0 radical (unpaired) electrons. The second-order valence-corrected chi connectivity index (χ2v) is 9.08. The van der Waals surface area contributed by atoms with Crippen LogP contribution in [0.1, 0.15) is 44.6 Å². The molecule has 29 heavy (non-hydrogen) atoms. The van der Waals surface area contributed by atoms with E-state index in [1.807, 2.05) is 12.1 Å². The lowest BCUT2D eigenvalue weighted by Crippen LogP contribution is -2.44. The number of guanidine groups is 1. The van der Waals surface area contributed by atoms with Gasteiger partial charge in [-0.2, -0.15) is 0 Å². The highest BCUT2D eigenvalue weighted by molar-refractivity contribution is 6.31. The van der Waals surface area contributed by atoms with Gasteiger partial charge in [-0.25, -0.2) is 0 Å². The Morgan fingerprint density at radius 1 is 1.21 bits per heavy atom. The van der Waals surface area contributed by atoms with Gasteiger partial charge in [0.1, 0.15) is 0 Å². The van der Waals surface area contributed by atoms with Crippen LogP contribution in [-0.4, -0.2) is 74.3 Å². The van der Waals surface area contributed by atoms with Crippen molar-refractivity contribution in [3.63, 3.8) is 0 Å². The number of aliphatic imine (C=N–C) groups is 1. The maximum Gasteiger partial charge on any atom is 0.193 e. The molecule has 6 heteroatoms. The molecule has 3 aliphatic rings. The third-order valence-corrected chi connectivity index (χ3v) is 7.21. The van der Waals surface area contributed by atoms with Gasteiger partial charge < -0.3 is 15.0 Å². The lowest BCUT2D eigenvalue weighted by molar-refractivity contribution is 0.0530. The Morgan fingerprint density at radius 3 is 2.69 bits per heavy atom. The van der Waals surface area contributed by atoms with E-state index < -0.39 is 0 Å². The number of hydrogen-bond acceptors (Lipinski definition) is 3. The van der Waals surface area contributed by atoms with E-state index in [0.717, 1.165) is 63.2 Å². The van der Waals surface area contributed by atoms with Gasteiger partial charge in [-0.05, 0) is 63.7 Å². The molecule has 4 rings (SSSR count). The van der Waals surface area contributed by atoms with Gasteiger partial charge in [0.25, 0.3) is 0 Å². The maximum absolute atomic E-state index is 6.62. The quantitative estimate of drug-likeness (QED) is 0.586. The number of hydrogen-bond donors (Lipinski definition) is 1. The molecule has 1 aromatic carbocycles. The Labute approximate surface area is 180 Å². The van der Waals surface area contributed by atoms with Gasteiger partial charge in [0, 0.05) is 49.3 Å². The van der Waals surface area contributed by atoms with E-state index in [4.69, 9.17) is 21.3 Å². The molecule has 1 aromatic rings. The highest BCUT2D eigenvalue weighted by Gasteiger charge is 2.37. The van der Waals surface area contributed by atoms with Gasteiger partial charge in [0.05, 0.1) is 6.54 Å². The average Bonchev–Trinajstić information content (AvgIpc) is 3.44. The van der Waals surface area contributed by atoms with Crippen molar-refractivity contribution < 1.29 is 4.74 Å². The Balaban J connectivity index is 1.52. The standard InChI is InChI=1S/C23H35ClN4O/c1-2-25-22(28-14-9-19(17-28)27-12-5-6-13-27)26-18-23(10-15-29-16-11-23)20-7-3-4-8-21(20)24/h3-4,7-8,19H,2,5-6,9-18H2,1H3,(H,25,26). The summed E-state index contributed by atoms with van der Waals surface area (Å²) in [5, 5.41) is 4.40. The summed E-state index contributed by atoms with van der Waals surface area (Å²) < 4.78 is 5.69. The molecule has 0 aliphatic carbocycles. The van der Waals surface area contributed by atoms with Crippen LogP contribution < -0.4 is 5.32 Å². The van der Waals surface area contributed by atoms with Crippen molar-refractivity contribution in [1.82, 2.24) is 15.1 Å². The molecular formula is C23H35ClN4O. The molecule has 3 aliphatic heterocycles. The Bertz CT molecular complexity index is 698. The van der Waals surface area contributed by atoms with Crippen LogP contribution in [0, 0.1) is 0 Å². The molecule has 0 amide bonds. The first-order chi connectivity index (χ1) is 14.2. The molecular weight excluding hydrogens is 384 g/mol. The van der Waals surface area contributed by atoms with E-state index in [-0.39, 0.29) is 5.41 Å². The first-order valence-corrected chi connectivity index (χ1v) is 11.7. The Kier molecular flexibility index (Phi) is 6.99. The number of nitrogens with zero attached hydrogens (tertiary/aromatic N) is 3. The van der Waals surface area contributed by atoms with Crippen molar-refractivity contribution in [1.29, 1.82) is 0 Å². The normalized spacial score (nSPS) is 25.5. The lowest BCUT2D eigenvalue weighted by atomic mass is 9.74. The van der Waals surface area contributed by atoms with Crippen molar-refractivity contribution in [3.8, 4) is 0 Å². The van der Waals surface area contributed by atoms with E-state index in [0.29, 0.717) is 6.04 Å². The molecule has 0 bridgehead atoms. The van der Waals surface area contributed by atoms with E-state index in [2.05, 4.69) is 34.2 Å². The molecule has 160 valence electrons. The predicted molar refractivity (Wildman–Crippen MR) is 120 cm³/mol. The zero-order valence-electron chi connectivity index (χ0n) is 17.7. The van der Waals surface area contributed by atoms with Crippen LogP contribution in [0.2, 0.25) is 5.02 Å². The lowest BCUT2D eigenvalue weighted by Gasteiger charge is -2.37. The third kappa shape index (κ3) is 4.73. The van der Waals surface area contributed by atoms with Gasteiger partial charge in [-0.3, -0.25) is 9.89 Å². The topological polar surface area (TPSA) is 40.1 Å². The van der Waals surface area contributed by atoms with Crippen LogP contribution in [0.4, 0.5) is 0 Å². The Morgan fingerprint density at radius 2 is 1.97 bits per heavy atom. The fraction of sp³-hybridized carbons (Fsp3) is 0.696. The van der Waals surface area contributed by atoms with Crippen LogP contribution in [0.15, 0.2) is 29.3 Å². The molecule has 0 saturated carbocycles. The smallest absolute Gasteiger partial charge is 0.193 e. The number of rotatable bonds is 5. The predicted octanol–water partition coefficient (Wildman–Crippen LogP) is 3.52. The minimum Gasteiger partial charge on any atom is -0.381 e. The summed E-state index contributed by atoms with van der Waals surface area (Å²) in [6.07, 6.45) is 5.89. The summed E-state index contributed by atoms with van der Waals surface area (Å²) in [6, 6.07) is 8.96. The Hall–Kier alpha value is -1.30. The minimum atomic E-state index is -0.0364. The molecule has 1 unspecified atom stereocenters. The number of benzene rings is 1. The summed E-state index contributed by atoms with van der Waals surface area (Å²) >= 11 is 6.62. The molecule has 5 nitrogen and oxygen atoms in total. The van der Waals surface area contributed by atoms with Crippen LogP contribution >= 0.6 is 11.6 Å². The van der Waals surface area contributed by atoms with E-state index in [1.54, 1.807) is 0 Å². The van der Waals surface area contributed by atoms with Gasteiger partial charge in [0.2, 0.25) is 0 Å². The summed E-state index contributed by atoms with van der Waals surface area (Å²) in [7, 11) is 0. The zero-order valence-corrected chi connectivity index (χ0v) is 18.5. The molecule has 0 spiro atoms. The molecule has 3 heterocycles. The zero-order chi connectivity index (χ0) is 20.1. The molecule has 3 saturated heterocycles. The fourth-order valence-corrected chi connectivity index (χ4v) is 5.49. The maximum atomic E-state index is 6.62. The van der Waals surface area contributed by atoms with Crippen molar-refractivity contribution >= 4 is 17.6 Å². The summed E-state index contributed by atoms with van der Waals surface area (Å²) in [5.74, 6) is 1.06. The van der Waals surface area contributed by atoms with Crippen molar-refractivity contribution in [3.05, 3.63) is 34.9 Å². The molecule has 1 N–H and O–H groups in total. The van der Waals surface area contributed by atoms with Gasteiger partial charge >= 0.3 is 0 Å². The van der Waals surface area contributed by atoms with Crippen molar-refractivity contribution in [2.24, 2.45) is 4.99 Å². The summed E-state index contributed by atoms with van der Waals surface area (Å²) in [6.45, 7) is 10.1. The first-order valence-electron chi connectivity index (χ1n) is 11.3. The van der Waals surface area contributed by atoms with Crippen LogP contribution in [0.3, 0.4) is 0 Å². The minimum absolute atomic E-state index is 0.0364. The molecule has 1 atom stereocenters. The van der Waals surface area contributed by atoms with Crippen LogP contribution in [0.25, 0.3) is 0 Å². The van der Waals surface area contributed by atoms with E-state index >= 15 is 0 Å². The SMILES string of the molecule is CCNC(=NCC1(c2ccccc2Cl)CCOCC1)N1CCC(N2CCCC2)C1. The van der Waals surface area contributed by atoms with Crippen LogP contribution in [-0.2, 0) is 10.2 Å². The second kappa shape index (κ2) is 9.67. The van der Waals surface area contributed by atoms with Crippen molar-refractivity contribution in [2.75, 3.05) is 52.5 Å². The van der Waals surface area contributed by atoms with Gasteiger partial charge in [-0.1, -0.05) is 29.8 Å². The van der Waals surface area contributed by atoms with Gasteiger partial charge in [-0.15, -0.1) is 0 Å². The largest absolute Gasteiger partial charge is 0.381 e. The second-order valence-electron chi connectivity index (χ2n) is 8.67. The number of nitrogens with one attached hydrogen (secondary N) is 1. The number of likely N-dealkylation sites (tertiary alicyclic amines) is 2.